The van der Waals surface area contributed by atoms with E-state index in [0.717, 1.165) is 19.0 Å². The molecular formula is C11H23N3S. The molecule has 0 aromatic rings. The van der Waals surface area contributed by atoms with Gasteiger partial charge in [0.25, 0.3) is 0 Å². The van der Waals surface area contributed by atoms with Gasteiger partial charge in [-0.05, 0) is 26.0 Å². The van der Waals surface area contributed by atoms with Gasteiger partial charge in [0, 0.05) is 17.3 Å². The van der Waals surface area contributed by atoms with Crippen molar-refractivity contribution in [2.75, 3.05) is 19.3 Å². The highest BCUT2D eigenvalue weighted by Gasteiger charge is 2.25. The maximum atomic E-state index is 4.41. The first-order valence-corrected chi connectivity index (χ1v) is 6.98. The fourth-order valence-electron chi connectivity index (χ4n) is 1.77. The maximum absolute atomic E-state index is 4.41. The standard InChI is InChI=1S/C11H23N3S/c1-5-11(6-2,15-4)8-13-10-12-7-9(3)14-10/h9H,5-8H2,1-4H3,(H2,12,13,14). The van der Waals surface area contributed by atoms with E-state index in [1.807, 2.05) is 11.8 Å². The van der Waals surface area contributed by atoms with Crippen LogP contribution in [0.4, 0.5) is 0 Å². The Morgan fingerprint density at radius 1 is 1.53 bits per heavy atom. The molecule has 0 aromatic carbocycles. The first kappa shape index (κ1) is 12.7. The molecule has 0 spiro atoms. The van der Waals surface area contributed by atoms with Crippen molar-refractivity contribution >= 4 is 17.7 Å². The average molecular weight is 229 g/mol. The molecule has 0 radical (unpaired) electrons. The third kappa shape index (κ3) is 3.30. The van der Waals surface area contributed by atoms with Crippen LogP contribution in [0.1, 0.15) is 33.6 Å². The van der Waals surface area contributed by atoms with Gasteiger partial charge in [-0.25, -0.2) is 0 Å². The lowest BCUT2D eigenvalue weighted by molar-refractivity contribution is 0.533. The predicted molar refractivity (Wildman–Crippen MR) is 69.7 cm³/mol. The van der Waals surface area contributed by atoms with Gasteiger partial charge in [-0.3, -0.25) is 4.99 Å². The van der Waals surface area contributed by atoms with Crippen LogP contribution < -0.4 is 10.6 Å². The Labute approximate surface area is 97.5 Å². The van der Waals surface area contributed by atoms with E-state index in [0.29, 0.717) is 10.8 Å². The van der Waals surface area contributed by atoms with Gasteiger partial charge in [-0.1, -0.05) is 13.8 Å². The molecule has 4 heteroatoms. The molecule has 1 heterocycles. The predicted octanol–water partition coefficient (Wildman–Crippen LogP) is 1.85. The van der Waals surface area contributed by atoms with Crippen LogP contribution in [-0.2, 0) is 0 Å². The van der Waals surface area contributed by atoms with Crippen LogP contribution in [0.15, 0.2) is 4.99 Å². The summed E-state index contributed by atoms with van der Waals surface area (Å²) in [5.74, 6) is 0.975. The number of hydrogen-bond donors (Lipinski definition) is 2. The molecule has 0 aliphatic carbocycles. The molecule has 0 fully saturated rings. The van der Waals surface area contributed by atoms with Gasteiger partial charge >= 0.3 is 0 Å². The van der Waals surface area contributed by atoms with Crippen molar-refractivity contribution in [3.63, 3.8) is 0 Å². The second-order valence-electron chi connectivity index (χ2n) is 4.18. The van der Waals surface area contributed by atoms with Gasteiger partial charge in [0.1, 0.15) is 0 Å². The summed E-state index contributed by atoms with van der Waals surface area (Å²) >= 11 is 1.96. The molecule has 0 amide bonds. The summed E-state index contributed by atoms with van der Waals surface area (Å²) in [5.41, 5.74) is 0. The lowest BCUT2D eigenvalue weighted by atomic mass is 10.0. The number of aliphatic imine (C=N–C) groups is 1. The van der Waals surface area contributed by atoms with Gasteiger partial charge in [0.15, 0.2) is 5.96 Å². The second-order valence-corrected chi connectivity index (χ2v) is 5.46. The zero-order valence-corrected chi connectivity index (χ0v) is 11.1. The molecule has 1 aliphatic heterocycles. The van der Waals surface area contributed by atoms with Crippen LogP contribution >= 0.6 is 11.8 Å². The smallest absolute Gasteiger partial charge is 0.191 e. The highest BCUT2D eigenvalue weighted by atomic mass is 32.2. The fourth-order valence-corrected chi connectivity index (χ4v) is 2.56. The quantitative estimate of drug-likeness (QED) is 0.755. The normalized spacial score (nSPS) is 21.1. The zero-order valence-electron chi connectivity index (χ0n) is 10.3. The van der Waals surface area contributed by atoms with Crippen LogP contribution in [-0.4, -0.2) is 36.1 Å². The van der Waals surface area contributed by atoms with Crippen molar-refractivity contribution in [1.82, 2.24) is 10.6 Å². The number of thioether (sulfide) groups is 1. The Bertz CT molecular complexity index is 216. The molecule has 2 N–H and O–H groups in total. The molecule has 0 aromatic heterocycles. The van der Waals surface area contributed by atoms with Crippen molar-refractivity contribution in [2.24, 2.45) is 4.99 Å². The van der Waals surface area contributed by atoms with E-state index < -0.39 is 0 Å². The Balaban J connectivity index is 2.40. The monoisotopic (exact) mass is 229 g/mol. The first-order valence-electron chi connectivity index (χ1n) is 5.75. The molecule has 1 rings (SSSR count). The minimum atomic E-state index is 0.357. The van der Waals surface area contributed by atoms with E-state index in [4.69, 9.17) is 0 Å². The third-order valence-corrected chi connectivity index (χ3v) is 4.79. The van der Waals surface area contributed by atoms with Crippen LogP contribution in [0, 0.1) is 0 Å². The number of nitrogens with one attached hydrogen (secondary N) is 2. The molecule has 1 aliphatic rings. The van der Waals surface area contributed by atoms with Crippen LogP contribution in [0.5, 0.6) is 0 Å². The summed E-state index contributed by atoms with van der Waals surface area (Å²) in [4.78, 5) is 4.41. The zero-order chi connectivity index (χ0) is 11.3. The van der Waals surface area contributed by atoms with Gasteiger partial charge in [-0.2, -0.15) is 11.8 Å². The van der Waals surface area contributed by atoms with Crippen LogP contribution in [0.3, 0.4) is 0 Å². The molecule has 1 unspecified atom stereocenters. The number of nitrogens with zero attached hydrogens (tertiary/aromatic N) is 1. The van der Waals surface area contributed by atoms with E-state index in [1.165, 1.54) is 12.8 Å². The average Bonchev–Trinajstić information content (AvgIpc) is 2.67. The van der Waals surface area contributed by atoms with E-state index in [-0.39, 0.29) is 0 Å². The van der Waals surface area contributed by atoms with Gasteiger partial charge in [-0.15, -0.1) is 0 Å². The van der Waals surface area contributed by atoms with Crippen molar-refractivity contribution in [1.29, 1.82) is 0 Å². The Kier molecular flexibility index (Phi) is 4.77. The Hall–Kier alpha value is -0.380. The fraction of sp³-hybridized carbons (Fsp3) is 0.909. The molecule has 3 nitrogen and oxygen atoms in total. The Morgan fingerprint density at radius 3 is 2.60 bits per heavy atom. The topological polar surface area (TPSA) is 36.4 Å². The van der Waals surface area contributed by atoms with E-state index in [9.17, 15) is 0 Å². The van der Waals surface area contributed by atoms with Crippen molar-refractivity contribution in [3.05, 3.63) is 0 Å². The van der Waals surface area contributed by atoms with Crippen molar-refractivity contribution in [3.8, 4) is 0 Å². The van der Waals surface area contributed by atoms with E-state index in [1.54, 1.807) is 0 Å². The molecule has 15 heavy (non-hydrogen) atoms. The minimum Gasteiger partial charge on any atom is -0.355 e. The van der Waals surface area contributed by atoms with Crippen LogP contribution in [0.2, 0.25) is 0 Å². The second kappa shape index (κ2) is 5.64. The van der Waals surface area contributed by atoms with Gasteiger partial charge < -0.3 is 10.6 Å². The van der Waals surface area contributed by atoms with Crippen LogP contribution in [0.25, 0.3) is 0 Å². The molecular weight excluding hydrogens is 206 g/mol. The largest absolute Gasteiger partial charge is 0.355 e. The summed E-state index contributed by atoms with van der Waals surface area (Å²) in [5, 5.41) is 6.75. The molecule has 0 saturated carbocycles. The lowest BCUT2D eigenvalue weighted by Crippen LogP contribution is -2.44. The molecule has 88 valence electrons. The molecule has 0 saturated heterocycles. The summed E-state index contributed by atoms with van der Waals surface area (Å²) in [7, 11) is 0. The summed E-state index contributed by atoms with van der Waals surface area (Å²) < 4.78 is 0.357. The highest BCUT2D eigenvalue weighted by Crippen LogP contribution is 2.29. The molecule has 1 atom stereocenters. The van der Waals surface area contributed by atoms with Gasteiger partial charge in [0.05, 0.1) is 6.54 Å². The Morgan fingerprint density at radius 2 is 2.20 bits per heavy atom. The highest BCUT2D eigenvalue weighted by molar-refractivity contribution is 8.00. The van der Waals surface area contributed by atoms with E-state index in [2.05, 4.69) is 42.7 Å². The molecule has 0 bridgehead atoms. The number of hydrogen-bond acceptors (Lipinski definition) is 4. The van der Waals surface area contributed by atoms with Gasteiger partial charge in [0.2, 0.25) is 0 Å². The van der Waals surface area contributed by atoms with Crippen molar-refractivity contribution in [2.45, 2.75) is 44.4 Å². The maximum Gasteiger partial charge on any atom is 0.191 e. The minimum absolute atomic E-state index is 0.357. The SMILES string of the molecule is CCC(CC)(CNC1=NCC(C)N1)SC. The number of guanidine groups is 1. The third-order valence-electron chi connectivity index (χ3n) is 3.21. The summed E-state index contributed by atoms with van der Waals surface area (Å²) in [6, 6.07) is 0.486. The summed E-state index contributed by atoms with van der Waals surface area (Å²) in [6.45, 7) is 8.56. The van der Waals surface area contributed by atoms with Crippen molar-refractivity contribution < 1.29 is 0 Å². The lowest BCUT2D eigenvalue weighted by Gasteiger charge is -2.30. The summed E-state index contributed by atoms with van der Waals surface area (Å²) in [6.07, 6.45) is 4.59. The van der Waals surface area contributed by atoms with E-state index >= 15 is 0 Å². The number of rotatable bonds is 5. The first-order chi connectivity index (χ1) is 7.15.